The summed E-state index contributed by atoms with van der Waals surface area (Å²) in [5.74, 6) is -0.383. The number of hydrogen-bond acceptors (Lipinski definition) is 6. The number of aryl methyl sites for hydroxylation is 2. The lowest BCUT2D eigenvalue weighted by atomic mass is 10.2. The van der Waals surface area contributed by atoms with Crippen LogP contribution in [0.15, 0.2) is 48.8 Å². The molecule has 3 aromatic heterocycles. The first-order chi connectivity index (χ1) is 17.4. The van der Waals surface area contributed by atoms with E-state index < -0.39 is 0 Å². The van der Waals surface area contributed by atoms with E-state index in [1.54, 1.807) is 57.6 Å². The molecule has 1 aliphatic rings. The molecule has 1 aromatic carbocycles. The van der Waals surface area contributed by atoms with Crippen LogP contribution in [0.25, 0.3) is 5.78 Å². The summed E-state index contributed by atoms with van der Waals surface area (Å²) in [4.78, 5) is 38.6. The number of rotatable bonds is 6. The molecule has 10 nitrogen and oxygen atoms in total. The van der Waals surface area contributed by atoms with Crippen molar-refractivity contribution in [1.29, 1.82) is 0 Å². The van der Waals surface area contributed by atoms with E-state index in [9.17, 15) is 19.1 Å². The Morgan fingerprint density at radius 1 is 1.19 bits per heavy atom. The van der Waals surface area contributed by atoms with Gasteiger partial charge in [0.2, 0.25) is 5.78 Å². The number of aliphatic hydroxyl groups is 1. The van der Waals surface area contributed by atoms with Crippen LogP contribution >= 0.6 is 0 Å². The summed E-state index contributed by atoms with van der Waals surface area (Å²) in [6, 6.07) is 9.34. The van der Waals surface area contributed by atoms with E-state index in [4.69, 9.17) is 0 Å². The molecule has 4 aromatic rings. The zero-order valence-corrected chi connectivity index (χ0v) is 19.8. The van der Waals surface area contributed by atoms with Crippen molar-refractivity contribution in [3.8, 4) is 0 Å². The van der Waals surface area contributed by atoms with E-state index in [1.165, 1.54) is 17.0 Å². The number of fused-ring (bicyclic) bond motifs is 2. The number of aliphatic hydroxyl groups excluding tert-OH is 1. The molecule has 0 aliphatic carbocycles. The van der Waals surface area contributed by atoms with Gasteiger partial charge in [-0.15, -0.1) is 0 Å². The number of aromatic nitrogens is 5. The van der Waals surface area contributed by atoms with Crippen LogP contribution in [-0.2, 0) is 19.6 Å². The van der Waals surface area contributed by atoms with Crippen LogP contribution in [0.2, 0.25) is 0 Å². The van der Waals surface area contributed by atoms with Crippen molar-refractivity contribution < 1.29 is 19.1 Å². The van der Waals surface area contributed by atoms with Crippen molar-refractivity contribution in [2.45, 2.75) is 33.0 Å². The summed E-state index contributed by atoms with van der Waals surface area (Å²) in [5.41, 5.74) is 2.81. The minimum Gasteiger partial charge on any atom is -0.395 e. The SMILES string of the molecule is Cc1nc2ncccn2c1C(=O)N1CCCn2nc(C(=O)N(CCO)Cc3ccc(F)cc3)cc2C1. The quantitative estimate of drug-likeness (QED) is 0.442. The highest BCUT2D eigenvalue weighted by molar-refractivity contribution is 5.95. The van der Waals surface area contributed by atoms with Gasteiger partial charge >= 0.3 is 0 Å². The summed E-state index contributed by atoms with van der Waals surface area (Å²) in [6.45, 7) is 3.31. The Morgan fingerprint density at radius 2 is 2.00 bits per heavy atom. The van der Waals surface area contributed by atoms with Gasteiger partial charge in [-0.3, -0.25) is 18.7 Å². The Balaban J connectivity index is 1.37. The molecule has 0 atom stereocenters. The number of halogens is 1. The van der Waals surface area contributed by atoms with E-state index in [2.05, 4.69) is 15.1 Å². The number of amides is 2. The lowest BCUT2D eigenvalue weighted by molar-refractivity contribution is 0.0700. The Morgan fingerprint density at radius 3 is 2.78 bits per heavy atom. The number of hydrogen-bond donors (Lipinski definition) is 1. The van der Waals surface area contributed by atoms with Crippen LogP contribution in [0.4, 0.5) is 4.39 Å². The van der Waals surface area contributed by atoms with Gasteiger partial charge in [0.25, 0.3) is 11.8 Å². The summed E-state index contributed by atoms with van der Waals surface area (Å²) in [5, 5.41) is 14.0. The highest BCUT2D eigenvalue weighted by Crippen LogP contribution is 2.20. The molecule has 36 heavy (non-hydrogen) atoms. The minimum absolute atomic E-state index is 0.116. The fourth-order valence-corrected chi connectivity index (χ4v) is 4.49. The molecular weight excluding hydrogens is 465 g/mol. The van der Waals surface area contributed by atoms with Gasteiger partial charge in [-0.05, 0) is 43.2 Å². The maximum atomic E-state index is 13.5. The predicted molar refractivity (Wildman–Crippen MR) is 128 cm³/mol. The number of nitrogens with zero attached hydrogens (tertiary/aromatic N) is 7. The van der Waals surface area contributed by atoms with Crippen LogP contribution in [0, 0.1) is 12.7 Å². The molecular formula is C25H26FN7O3. The minimum atomic E-state index is -0.355. The third-order valence-electron chi connectivity index (χ3n) is 6.24. The fourth-order valence-electron chi connectivity index (χ4n) is 4.49. The number of imidazole rings is 1. The van der Waals surface area contributed by atoms with Crippen LogP contribution in [0.3, 0.4) is 0 Å². The first kappa shape index (κ1) is 23.6. The highest BCUT2D eigenvalue weighted by atomic mass is 19.1. The first-order valence-electron chi connectivity index (χ1n) is 11.7. The maximum Gasteiger partial charge on any atom is 0.274 e. The van der Waals surface area contributed by atoms with E-state index in [1.807, 2.05) is 0 Å². The van der Waals surface area contributed by atoms with E-state index >= 15 is 0 Å². The monoisotopic (exact) mass is 491 g/mol. The van der Waals surface area contributed by atoms with Crippen molar-refractivity contribution in [1.82, 2.24) is 33.9 Å². The fraction of sp³-hybridized carbons (Fsp3) is 0.320. The second-order valence-corrected chi connectivity index (χ2v) is 8.74. The first-order valence-corrected chi connectivity index (χ1v) is 11.7. The second-order valence-electron chi connectivity index (χ2n) is 8.74. The van der Waals surface area contributed by atoms with E-state index in [-0.39, 0.29) is 43.0 Å². The molecule has 0 saturated heterocycles. The highest BCUT2D eigenvalue weighted by Gasteiger charge is 2.28. The Hall–Kier alpha value is -4.12. The van der Waals surface area contributed by atoms with Gasteiger partial charge in [0.05, 0.1) is 24.5 Å². The van der Waals surface area contributed by atoms with Gasteiger partial charge in [0.15, 0.2) is 5.69 Å². The van der Waals surface area contributed by atoms with Crippen LogP contribution in [-0.4, -0.2) is 70.6 Å². The molecule has 0 fully saturated rings. The number of carbonyl (C=O) groups excluding carboxylic acids is 2. The number of benzene rings is 1. The third-order valence-corrected chi connectivity index (χ3v) is 6.24. The third kappa shape index (κ3) is 4.57. The average Bonchev–Trinajstić information content (AvgIpc) is 3.36. The molecule has 0 spiro atoms. The molecule has 1 aliphatic heterocycles. The van der Waals surface area contributed by atoms with Crippen molar-refractivity contribution in [3.63, 3.8) is 0 Å². The zero-order chi connectivity index (χ0) is 25.2. The van der Waals surface area contributed by atoms with Crippen LogP contribution in [0.5, 0.6) is 0 Å². The number of carbonyl (C=O) groups is 2. The van der Waals surface area contributed by atoms with E-state index in [0.717, 1.165) is 11.3 Å². The molecule has 1 N–H and O–H groups in total. The zero-order valence-electron chi connectivity index (χ0n) is 19.8. The molecule has 4 heterocycles. The Labute approximate surface area is 206 Å². The standard InChI is InChI=1S/C25H26FN7O3/c1-17-22(32-10-2-8-27-25(32)28-17)24(36)30-9-3-11-33-20(16-30)14-21(29-33)23(35)31(12-13-34)15-18-4-6-19(26)7-5-18/h2,4-8,10,14,34H,3,9,11-13,15-16H2,1H3. The van der Waals surface area contributed by atoms with Crippen molar-refractivity contribution >= 4 is 17.6 Å². The topological polar surface area (TPSA) is 109 Å². The van der Waals surface area contributed by atoms with Crippen molar-refractivity contribution in [2.24, 2.45) is 0 Å². The van der Waals surface area contributed by atoms with Gasteiger partial charge in [0, 0.05) is 38.6 Å². The molecule has 11 heteroatoms. The van der Waals surface area contributed by atoms with Crippen molar-refractivity contribution in [2.75, 3.05) is 19.7 Å². The van der Waals surface area contributed by atoms with Crippen LogP contribution < -0.4 is 0 Å². The second kappa shape index (κ2) is 9.86. The largest absolute Gasteiger partial charge is 0.395 e. The Bertz CT molecular complexity index is 1410. The van der Waals surface area contributed by atoms with Gasteiger partial charge in [-0.2, -0.15) is 5.10 Å². The van der Waals surface area contributed by atoms with Gasteiger partial charge < -0.3 is 14.9 Å². The molecule has 186 valence electrons. The summed E-state index contributed by atoms with van der Waals surface area (Å²) in [7, 11) is 0. The molecule has 2 amide bonds. The molecule has 0 bridgehead atoms. The average molecular weight is 492 g/mol. The lowest BCUT2D eigenvalue weighted by Crippen LogP contribution is -2.33. The van der Waals surface area contributed by atoms with Gasteiger partial charge in [0.1, 0.15) is 11.5 Å². The van der Waals surface area contributed by atoms with Crippen LogP contribution in [0.1, 0.15) is 44.3 Å². The molecule has 5 rings (SSSR count). The summed E-state index contributed by atoms with van der Waals surface area (Å²) in [6.07, 6.45) is 4.08. The predicted octanol–water partition coefficient (Wildman–Crippen LogP) is 2.05. The van der Waals surface area contributed by atoms with E-state index in [0.29, 0.717) is 43.2 Å². The lowest BCUT2D eigenvalue weighted by Gasteiger charge is -2.21. The summed E-state index contributed by atoms with van der Waals surface area (Å²) >= 11 is 0. The smallest absolute Gasteiger partial charge is 0.274 e. The molecule has 0 radical (unpaired) electrons. The van der Waals surface area contributed by atoms with Crippen molar-refractivity contribution in [3.05, 3.63) is 82.9 Å². The molecule has 0 saturated carbocycles. The molecule has 0 unspecified atom stereocenters. The normalized spacial score (nSPS) is 13.5. The van der Waals surface area contributed by atoms with Gasteiger partial charge in [-0.25, -0.2) is 14.4 Å². The van der Waals surface area contributed by atoms with Gasteiger partial charge in [-0.1, -0.05) is 12.1 Å². The summed E-state index contributed by atoms with van der Waals surface area (Å²) < 4.78 is 16.7. The maximum absolute atomic E-state index is 13.5. The Kier molecular flexibility index (Phi) is 6.47.